The highest BCUT2D eigenvalue weighted by atomic mass is 16.6. The van der Waals surface area contributed by atoms with E-state index in [-0.39, 0.29) is 24.5 Å². The quantitative estimate of drug-likeness (QED) is 0.639. The topological polar surface area (TPSA) is 96.4 Å². The third-order valence-corrected chi connectivity index (χ3v) is 4.09. The van der Waals surface area contributed by atoms with Crippen LogP contribution in [0.4, 0.5) is 9.59 Å². The molecular formula is C22H44N2O6. The number of ether oxygens (including phenoxy) is 2. The molecule has 30 heavy (non-hydrogen) atoms. The lowest BCUT2D eigenvalue weighted by Gasteiger charge is -2.31. The summed E-state index contributed by atoms with van der Waals surface area (Å²) in [5.41, 5.74) is -1.03. The van der Waals surface area contributed by atoms with Crippen LogP contribution in [0.15, 0.2) is 0 Å². The van der Waals surface area contributed by atoms with E-state index in [1.807, 2.05) is 48.5 Å². The molecule has 0 spiro atoms. The molecule has 178 valence electrons. The van der Waals surface area contributed by atoms with Crippen molar-refractivity contribution in [3.8, 4) is 0 Å². The molecule has 0 aromatic heterocycles. The van der Waals surface area contributed by atoms with Crippen molar-refractivity contribution in [1.82, 2.24) is 9.80 Å². The molecule has 0 aliphatic rings. The Morgan fingerprint density at radius 2 is 1.20 bits per heavy atom. The summed E-state index contributed by atoms with van der Waals surface area (Å²) in [6.45, 7) is 18.5. The molecule has 2 atom stereocenters. The summed E-state index contributed by atoms with van der Waals surface area (Å²) in [5, 5.41) is 9.16. The molecule has 1 N–H and O–H groups in total. The van der Waals surface area contributed by atoms with Gasteiger partial charge in [0.25, 0.3) is 0 Å². The molecule has 0 aliphatic heterocycles. The Kier molecular flexibility index (Phi) is 12.9. The molecular weight excluding hydrogens is 388 g/mol. The normalized spacial score (nSPS) is 13.7. The fourth-order valence-corrected chi connectivity index (χ4v) is 2.40. The van der Waals surface area contributed by atoms with E-state index in [2.05, 4.69) is 0 Å². The molecule has 0 fully saturated rings. The van der Waals surface area contributed by atoms with Crippen LogP contribution in [-0.4, -0.2) is 77.4 Å². The number of aliphatic hydroxyl groups excluding tert-OH is 1. The lowest BCUT2D eigenvalue weighted by Crippen LogP contribution is -2.45. The first-order chi connectivity index (χ1) is 13.4. The number of carbonyl (C=O) groups is 3. The van der Waals surface area contributed by atoms with Gasteiger partial charge in [-0.1, -0.05) is 27.7 Å². The maximum absolute atomic E-state index is 11.7. The van der Waals surface area contributed by atoms with E-state index in [1.165, 1.54) is 9.80 Å². The average Bonchev–Trinajstić information content (AvgIpc) is 2.52. The number of rotatable bonds is 6. The van der Waals surface area contributed by atoms with E-state index in [0.29, 0.717) is 0 Å². The van der Waals surface area contributed by atoms with Gasteiger partial charge in [-0.05, 0) is 53.4 Å². The first-order valence-electron chi connectivity index (χ1n) is 10.4. The Balaban J connectivity index is 0. The molecule has 0 radical (unpaired) electrons. The molecule has 0 aromatic rings. The van der Waals surface area contributed by atoms with Gasteiger partial charge in [0.15, 0.2) is 0 Å². The molecule has 0 bridgehead atoms. The van der Waals surface area contributed by atoms with Crippen molar-refractivity contribution in [2.45, 2.75) is 92.5 Å². The zero-order valence-corrected chi connectivity index (χ0v) is 21.0. The molecule has 0 heterocycles. The second-order valence-corrected chi connectivity index (χ2v) is 10.0. The SMILES string of the molecule is CC(C)[C@@H](C=O)N(C)C(=O)OC(C)(C)C.CC(C)[C@@H](CO)N(C)C(=O)OC(C)(C)C. The Morgan fingerprint density at radius 3 is 1.43 bits per heavy atom. The minimum absolute atomic E-state index is 0.0482. The van der Waals surface area contributed by atoms with Crippen LogP contribution in [0.5, 0.6) is 0 Å². The molecule has 0 rings (SSSR count). The summed E-state index contributed by atoms with van der Waals surface area (Å²) < 4.78 is 10.4. The number of carbonyl (C=O) groups excluding carboxylic acids is 3. The molecule has 0 saturated heterocycles. The monoisotopic (exact) mass is 432 g/mol. The van der Waals surface area contributed by atoms with Gasteiger partial charge in [-0.15, -0.1) is 0 Å². The minimum atomic E-state index is -0.532. The van der Waals surface area contributed by atoms with Crippen LogP contribution in [0.2, 0.25) is 0 Å². The zero-order chi connectivity index (χ0) is 24.4. The fourth-order valence-electron chi connectivity index (χ4n) is 2.40. The number of nitrogens with zero attached hydrogens (tertiary/aromatic N) is 2. The number of hydrogen-bond acceptors (Lipinski definition) is 6. The van der Waals surface area contributed by atoms with Crippen molar-refractivity contribution in [3.63, 3.8) is 0 Å². The number of likely N-dealkylation sites (N-methyl/N-ethyl adjacent to an activating group) is 2. The van der Waals surface area contributed by atoms with Crippen molar-refractivity contribution >= 4 is 18.5 Å². The largest absolute Gasteiger partial charge is 0.444 e. The molecule has 8 heteroatoms. The zero-order valence-electron chi connectivity index (χ0n) is 21.0. The minimum Gasteiger partial charge on any atom is -0.444 e. The van der Waals surface area contributed by atoms with Crippen molar-refractivity contribution in [2.24, 2.45) is 11.8 Å². The van der Waals surface area contributed by atoms with Crippen molar-refractivity contribution in [2.75, 3.05) is 20.7 Å². The van der Waals surface area contributed by atoms with E-state index in [4.69, 9.17) is 14.6 Å². The lowest BCUT2D eigenvalue weighted by atomic mass is 10.0. The summed E-state index contributed by atoms with van der Waals surface area (Å²) in [7, 11) is 3.22. The van der Waals surface area contributed by atoms with Crippen LogP contribution in [-0.2, 0) is 14.3 Å². The van der Waals surface area contributed by atoms with Gasteiger partial charge in [0, 0.05) is 14.1 Å². The summed E-state index contributed by atoms with van der Waals surface area (Å²) >= 11 is 0. The molecule has 0 aromatic carbocycles. The van der Waals surface area contributed by atoms with E-state index in [0.717, 1.165) is 6.29 Å². The lowest BCUT2D eigenvalue weighted by molar-refractivity contribution is -0.113. The van der Waals surface area contributed by atoms with Gasteiger partial charge in [-0.25, -0.2) is 9.59 Å². The summed E-state index contributed by atoms with van der Waals surface area (Å²) in [6.07, 6.45) is -0.0854. The first kappa shape index (κ1) is 30.4. The van der Waals surface area contributed by atoms with Gasteiger partial charge >= 0.3 is 12.2 Å². The van der Waals surface area contributed by atoms with Crippen LogP contribution in [0, 0.1) is 11.8 Å². The van der Waals surface area contributed by atoms with Crippen LogP contribution in [0.3, 0.4) is 0 Å². The third kappa shape index (κ3) is 12.7. The predicted molar refractivity (Wildman–Crippen MR) is 118 cm³/mol. The van der Waals surface area contributed by atoms with E-state index >= 15 is 0 Å². The van der Waals surface area contributed by atoms with E-state index < -0.39 is 29.4 Å². The van der Waals surface area contributed by atoms with Crippen molar-refractivity contribution in [3.05, 3.63) is 0 Å². The summed E-state index contributed by atoms with van der Waals surface area (Å²) in [5.74, 6) is 0.285. The van der Waals surface area contributed by atoms with Gasteiger partial charge in [-0.3, -0.25) is 0 Å². The van der Waals surface area contributed by atoms with Gasteiger partial charge in [0.1, 0.15) is 17.5 Å². The highest BCUT2D eigenvalue weighted by Crippen LogP contribution is 2.15. The second-order valence-electron chi connectivity index (χ2n) is 10.0. The maximum Gasteiger partial charge on any atom is 0.410 e. The summed E-state index contributed by atoms with van der Waals surface area (Å²) in [6, 6.07) is -0.625. The molecule has 8 nitrogen and oxygen atoms in total. The first-order valence-corrected chi connectivity index (χ1v) is 10.4. The molecule has 0 saturated carbocycles. The Labute approximate surface area is 182 Å². The number of hydrogen-bond donors (Lipinski definition) is 1. The Morgan fingerprint density at radius 1 is 0.833 bits per heavy atom. The molecule has 0 unspecified atom stereocenters. The summed E-state index contributed by atoms with van der Waals surface area (Å²) in [4.78, 5) is 36.9. The highest BCUT2D eigenvalue weighted by molar-refractivity contribution is 5.73. The van der Waals surface area contributed by atoms with Gasteiger partial charge in [0.05, 0.1) is 18.7 Å². The van der Waals surface area contributed by atoms with Crippen LogP contribution in [0.25, 0.3) is 0 Å². The fraction of sp³-hybridized carbons (Fsp3) is 0.864. The number of amides is 2. The number of aldehydes is 1. The van der Waals surface area contributed by atoms with Crippen LogP contribution >= 0.6 is 0 Å². The number of aliphatic hydroxyl groups is 1. The smallest absolute Gasteiger partial charge is 0.410 e. The van der Waals surface area contributed by atoms with E-state index in [1.54, 1.807) is 34.9 Å². The molecule has 2 amide bonds. The molecule has 0 aliphatic carbocycles. The van der Waals surface area contributed by atoms with Crippen LogP contribution in [0.1, 0.15) is 69.2 Å². The van der Waals surface area contributed by atoms with Gasteiger partial charge < -0.3 is 29.2 Å². The van der Waals surface area contributed by atoms with Gasteiger partial charge in [0.2, 0.25) is 0 Å². The highest BCUT2D eigenvalue weighted by Gasteiger charge is 2.27. The van der Waals surface area contributed by atoms with Crippen molar-refractivity contribution < 1.29 is 29.0 Å². The predicted octanol–water partition coefficient (Wildman–Crippen LogP) is 3.95. The van der Waals surface area contributed by atoms with E-state index in [9.17, 15) is 14.4 Å². The van der Waals surface area contributed by atoms with Gasteiger partial charge in [-0.2, -0.15) is 0 Å². The average molecular weight is 433 g/mol. The standard InChI is InChI=1S/C11H23NO3.C11H21NO3/c2*1-8(2)9(7-13)12(6)10(14)15-11(3,4)5/h8-9,13H,7H2,1-6H3;7-9H,1-6H3/t2*9-/m11/s1. The Bertz CT molecular complexity index is 535. The Hall–Kier alpha value is -1.83. The van der Waals surface area contributed by atoms with Crippen molar-refractivity contribution in [1.29, 1.82) is 0 Å². The van der Waals surface area contributed by atoms with Crippen LogP contribution < -0.4 is 0 Å². The third-order valence-electron chi connectivity index (χ3n) is 4.09. The maximum atomic E-state index is 11.7. The second kappa shape index (κ2) is 12.8.